The standard InChI is InChI=1S/C5H8N2O5P2/c8-13(9)5(14(10,11)12)3-7-2-1-6-4-7/h1-2,4-5H,3H2,(H2-,8,9,10,11,12)/p+1. The summed E-state index contributed by atoms with van der Waals surface area (Å²) in [6.45, 7) is -0.226. The lowest BCUT2D eigenvalue weighted by Crippen LogP contribution is -2.12. The summed E-state index contributed by atoms with van der Waals surface area (Å²) in [5, 5.41) is -1.58. The zero-order valence-electron chi connectivity index (χ0n) is 6.96. The Hall–Kier alpha value is -0.580. The summed E-state index contributed by atoms with van der Waals surface area (Å²) in [6.07, 6.45) is 4.20. The molecule has 9 heteroatoms. The van der Waals surface area contributed by atoms with E-state index >= 15 is 0 Å². The molecule has 1 aromatic heterocycles. The van der Waals surface area contributed by atoms with Gasteiger partial charge in [-0.3, -0.25) is 4.57 Å². The maximum atomic E-state index is 10.8. The van der Waals surface area contributed by atoms with Crippen LogP contribution in [-0.4, -0.2) is 29.6 Å². The molecule has 14 heavy (non-hydrogen) atoms. The predicted molar refractivity (Wildman–Crippen MR) is 47.9 cm³/mol. The lowest BCUT2D eigenvalue weighted by molar-refractivity contribution is 0.360. The van der Waals surface area contributed by atoms with Crippen LogP contribution in [0.1, 0.15) is 0 Å². The number of rotatable bonds is 4. The highest BCUT2D eigenvalue weighted by molar-refractivity contribution is 7.65. The molecule has 0 aliphatic carbocycles. The Bertz CT molecular complexity index is 358. The molecule has 1 heterocycles. The number of nitrogens with zero attached hydrogens (tertiary/aromatic N) is 2. The fourth-order valence-corrected chi connectivity index (χ4v) is 2.65. The van der Waals surface area contributed by atoms with Crippen molar-refractivity contribution >= 4 is 15.6 Å². The predicted octanol–water partition coefficient (Wildman–Crippen LogP) is 0.122. The van der Waals surface area contributed by atoms with Crippen molar-refractivity contribution in [3.8, 4) is 0 Å². The summed E-state index contributed by atoms with van der Waals surface area (Å²) in [4.78, 5) is 29.9. The maximum Gasteiger partial charge on any atom is 0.523 e. The highest BCUT2D eigenvalue weighted by atomic mass is 31.2. The molecule has 0 spiro atoms. The molecule has 0 saturated carbocycles. The molecule has 0 saturated heterocycles. The Kier molecular flexibility index (Phi) is 3.53. The van der Waals surface area contributed by atoms with Gasteiger partial charge in [-0.1, -0.05) is 0 Å². The minimum Gasteiger partial charge on any atom is -0.332 e. The van der Waals surface area contributed by atoms with E-state index in [2.05, 4.69) is 4.98 Å². The minimum atomic E-state index is -4.56. The fourth-order valence-electron chi connectivity index (χ4n) is 0.888. The minimum absolute atomic E-state index is 0.226. The molecule has 2 unspecified atom stereocenters. The molecule has 0 fully saturated rings. The summed E-state index contributed by atoms with van der Waals surface area (Å²) in [5.41, 5.74) is 0. The van der Waals surface area contributed by atoms with Gasteiger partial charge in [-0.25, -0.2) is 4.98 Å². The van der Waals surface area contributed by atoms with Crippen LogP contribution in [0.5, 0.6) is 0 Å². The average Bonchev–Trinajstić information content (AvgIpc) is 2.48. The van der Waals surface area contributed by atoms with Crippen molar-refractivity contribution in [2.75, 3.05) is 0 Å². The van der Waals surface area contributed by atoms with Crippen LogP contribution in [0.3, 0.4) is 0 Å². The molecule has 7 nitrogen and oxygen atoms in total. The van der Waals surface area contributed by atoms with Crippen LogP contribution in [-0.2, 0) is 15.7 Å². The zero-order chi connectivity index (χ0) is 10.8. The summed E-state index contributed by atoms with van der Waals surface area (Å²) in [7, 11) is -7.47. The van der Waals surface area contributed by atoms with Crippen molar-refractivity contribution in [2.45, 2.75) is 11.9 Å². The summed E-state index contributed by atoms with van der Waals surface area (Å²) < 4.78 is 22.9. The molecule has 1 aromatic rings. The molecule has 0 amide bonds. The first-order valence-electron chi connectivity index (χ1n) is 3.57. The lowest BCUT2D eigenvalue weighted by atomic mass is 10.7. The molecule has 0 aromatic carbocycles. The van der Waals surface area contributed by atoms with Gasteiger partial charge in [0, 0.05) is 12.4 Å². The van der Waals surface area contributed by atoms with Gasteiger partial charge < -0.3 is 14.4 Å². The maximum absolute atomic E-state index is 10.8. The third kappa shape index (κ3) is 2.97. The third-order valence-electron chi connectivity index (χ3n) is 1.58. The second-order valence-corrected chi connectivity index (χ2v) is 6.07. The molecule has 2 atom stereocenters. The van der Waals surface area contributed by atoms with E-state index in [0.717, 1.165) is 0 Å². The normalized spacial score (nSPS) is 15.2. The van der Waals surface area contributed by atoms with Gasteiger partial charge in [0.05, 0.1) is 12.9 Å². The van der Waals surface area contributed by atoms with Gasteiger partial charge >= 0.3 is 21.0 Å². The van der Waals surface area contributed by atoms with E-state index in [1.807, 2.05) is 0 Å². The van der Waals surface area contributed by atoms with Crippen LogP contribution in [0.4, 0.5) is 0 Å². The van der Waals surface area contributed by atoms with E-state index in [-0.39, 0.29) is 6.54 Å². The van der Waals surface area contributed by atoms with Gasteiger partial charge in [0.1, 0.15) is 0 Å². The van der Waals surface area contributed by atoms with Crippen molar-refractivity contribution < 1.29 is 23.8 Å². The highest BCUT2D eigenvalue weighted by Gasteiger charge is 2.45. The number of hydrogen-bond acceptors (Lipinski definition) is 3. The van der Waals surface area contributed by atoms with Gasteiger partial charge in [0.2, 0.25) is 0 Å². The van der Waals surface area contributed by atoms with Crippen LogP contribution in [0, 0.1) is 0 Å². The molecule has 0 bridgehead atoms. The van der Waals surface area contributed by atoms with E-state index < -0.39 is 21.0 Å². The Morgan fingerprint density at radius 3 is 2.57 bits per heavy atom. The molecule has 0 radical (unpaired) electrons. The van der Waals surface area contributed by atoms with Crippen LogP contribution in [0.25, 0.3) is 0 Å². The largest absolute Gasteiger partial charge is 0.523 e. The first kappa shape index (κ1) is 11.5. The number of hydrogen-bond donors (Lipinski definition) is 3. The van der Waals surface area contributed by atoms with Crippen molar-refractivity contribution in [1.82, 2.24) is 9.55 Å². The molecule has 3 N–H and O–H groups in total. The van der Waals surface area contributed by atoms with Crippen molar-refractivity contribution in [3.05, 3.63) is 18.7 Å². The van der Waals surface area contributed by atoms with Crippen LogP contribution in [0.15, 0.2) is 18.7 Å². The first-order valence-corrected chi connectivity index (χ1v) is 6.54. The number of aromatic nitrogens is 2. The van der Waals surface area contributed by atoms with Crippen LogP contribution >= 0.6 is 15.6 Å². The lowest BCUT2D eigenvalue weighted by Gasteiger charge is -2.07. The topological polar surface area (TPSA) is 113 Å². The highest BCUT2D eigenvalue weighted by Crippen LogP contribution is 2.52. The van der Waals surface area contributed by atoms with E-state index in [4.69, 9.17) is 14.7 Å². The van der Waals surface area contributed by atoms with Gasteiger partial charge in [0.15, 0.2) is 0 Å². The molecular formula is C5H9N2O5P2+. The Morgan fingerprint density at radius 2 is 2.21 bits per heavy atom. The van der Waals surface area contributed by atoms with Crippen LogP contribution in [0.2, 0.25) is 0 Å². The Labute approximate surface area is 80.4 Å². The SMILES string of the molecule is O=[P+](O)C(Cn1ccnc1)P(=O)(O)O. The summed E-state index contributed by atoms with van der Waals surface area (Å²) >= 11 is 0. The van der Waals surface area contributed by atoms with Gasteiger partial charge in [-0.15, -0.1) is 0 Å². The average molecular weight is 239 g/mol. The molecular weight excluding hydrogens is 230 g/mol. The van der Waals surface area contributed by atoms with Crippen molar-refractivity contribution in [1.29, 1.82) is 0 Å². The van der Waals surface area contributed by atoms with Crippen molar-refractivity contribution in [3.63, 3.8) is 0 Å². The van der Waals surface area contributed by atoms with E-state index in [1.54, 1.807) is 0 Å². The van der Waals surface area contributed by atoms with E-state index in [1.165, 1.54) is 23.3 Å². The monoisotopic (exact) mass is 239 g/mol. The Balaban J connectivity index is 2.82. The quantitative estimate of drug-likeness (QED) is 0.643. The summed E-state index contributed by atoms with van der Waals surface area (Å²) in [6, 6.07) is 0. The summed E-state index contributed by atoms with van der Waals surface area (Å²) in [5.74, 6) is 0. The molecule has 1 rings (SSSR count). The smallest absolute Gasteiger partial charge is 0.332 e. The number of imidazole rings is 1. The Morgan fingerprint density at radius 1 is 1.57 bits per heavy atom. The first-order chi connectivity index (χ1) is 6.41. The van der Waals surface area contributed by atoms with Crippen molar-refractivity contribution in [2.24, 2.45) is 0 Å². The van der Waals surface area contributed by atoms with E-state index in [9.17, 15) is 9.13 Å². The zero-order valence-corrected chi connectivity index (χ0v) is 8.75. The van der Waals surface area contributed by atoms with Gasteiger partial charge in [-0.2, -0.15) is 4.89 Å². The van der Waals surface area contributed by atoms with Gasteiger partial charge in [0.25, 0.3) is 0 Å². The van der Waals surface area contributed by atoms with Crippen LogP contribution < -0.4 is 0 Å². The van der Waals surface area contributed by atoms with E-state index in [0.29, 0.717) is 0 Å². The third-order valence-corrected chi connectivity index (χ3v) is 4.68. The molecule has 0 aliphatic rings. The second kappa shape index (κ2) is 4.29. The molecule has 78 valence electrons. The van der Waals surface area contributed by atoms with Gasteiger partial charge in [-0.05, 0) is 4.57 Å². The fraction of sp³-hybridized carbons (Fsp3) is 0.400. The second-order valence-electron chi connectivity index (χ2n) is 2.63. The molecule has 0 aliphatic heterocycles.